The van der Waals surface area contributed by atoms with Gasteiger partial charge in [-0.3, -0.25) is 4.79 Å². The van der Waals surface area contributed by atoms with E-state index >= 15 is 0 Å². The number of piperidine rings is 1. The molecule has 0 saturated carbocycles. The van der Waals surface area contributed by atoms with E-state index in [1.54, 1.807) is 0 Å². The number of hydrogen-bond donors (Lipinski definition) is 2. The molecule has 0 spiro atoms. The minimum absolute atomic E-state index is 0.0589. The van der Waals surface area contributed by atoms with Gasteiger partial charge < -0.3 is 29.5 Å². The van der Waals surface area contributed by atoms with E-state index in [4.69, 9.17) is 9.52 Å². The predicted octanol–water partition coefficient (Wildman–Crippen LogP) is 3.21. The number of piperazine rings is 1. The van der Waals surface area contributed by atoms with Gasteiger partial charge in [-0.2, -0.15) is 5.26 Å². The number of carbonyl (C=O) groups excluding carboxylic acids is 1. The van der Waals surface area contributed by atoms with Gasteiger partial charge in [0.25, 0.3) is 5.91 Å². The highest BCUT2D eigenvalue weighted by Gasteiger charge is 2.26. The standard InChI is InChI=1S/C27H31N7O2.CH4O/c1-19-15-20(2)24(30-22-7-9-32(10-8-22)25-6-4-3-5-21(25)17-28)16-23(19)26(35)33-11-13-34(14-12-33)27-31-29-18-36-27;1-2/h3-6,15-16,18,22,30H,7-14H2,1-2H3;2H,1H3. The molecule has 0 aliphatic carbocycles. The zero-order valence-electron chi connectivity index (χ0n) is 22.2. The summed E-state index contributed by atoms with van der Waals surface area (Å²) in [4.78, 5) is 19.6. The van der Waals surface area contributed by atoms with Crippen molar-refractivity contribution in [1.82, 2.24) is 15.1 Å². The summed E-state index contributed by atoms with van der Waals surface area (Å²) in [6.07, 6.45) is 3.26. The molecule has 2 N–H and O–H groups in total. The third-order valence-corrected chi connectivity index (χ3v) is 7.21. The van der Waals surface area contributed by atoms with Gasteiger partial charge in [-0.1, -0.05) is 23.3 Å². The molecule has 2 aromatic carbocycles. The van der Waals surface area contributed by atoms with E-state index in [2.05, 4.69) is 39.5 Å². The summed E-state index contributed by atoms with van der Waals surface area (Å²) in [7, 11) is 1.00. The zero-order valence-corrected chi connectivity index (χ0v) is 22.2. The van der Waals surface area contributed by atoms with Crippen molar-refractivity contribution in [2.45, 2.75) is 32.7 Å². The second kappa shape index (κ2) is 12.4. The molecule has 3 aromatic rings. The maximum atomic E-state index is 13.4. The Bertz CT molecular complexity index is 1260. The molecule has 0 atom stereocenters. The number of para-hydroxylation sites is 1. The molecule has 0 radical (unpaired) electrons. The first-order chi connectivity index (χ1) is 18.5. The number of amides is 1. The number of carbonyl (C=O) groups is 1. The lowest BCUT2D eigenvalue weighted by Gasteiger charge is -2.35. The number of nitrogens with one attached hydrogen (secondary N) is 1. The number of hydrogen-bond acceptors (Lipinski definition) is 9. The maximum Gasteiger partial charge on any atom is 0.318 e. The van der Waals surface area contributed by atoms with Gasteiger partial charge in [0, 0.05) is 63.7 Å². The van der Waals surface area contributed by atoms with Crippen molar-refractivity contribution in [3.8, 4) is 6.07 Å². The van der Waals surface area contributed by atoms with Crippen LogP contribution in [0, 0.1) is 25.2 Å². The van der Waals surface area contributed by atoms with E-state index < -0.39 is 0 Å². The molecule has 2 aliphatic rings. The molecule has 10 nitrogen and oxygen atoms in total. The number of anilines is 3. The van der Waals surface area contributed by atoms with Gasteiger partial charge in [-0.15, -0.1) is 5.10 Å². The molecule has 2 fully saturated rings. The van der Waals surface area contributed by atoms with Crippen LogP contribution in [0.5, 0.6) is 0 Å². The summed E-state index contributed by atoms with van der Waals surface area (Å²) >= 11 is 0. The van der Waals surface area contributed by atoms with Crippen LogP contribution in [0.2, 0.25) is 0 Å². The van der Waals surface area contributed by atoms with Crippen molar-refractivity contribution >= 4 is 23.3 Å². The van der Waals surface area contributed by atoms with Crippen molar-refractivity contribution in [3.05, 3.63) is 65.0 Å². The third-order valence-electron chi connectivity index (χ3n) is 7.21. The van der Waals surface area contributed by atoms with Crippen LogP contribution in [-0.2, 0) is 0 Å². The molecule has 3 heterocycles. The van der Waals surface area contributed by atoms with Crippen molar-refractivity contribution in [2.75, 3.05) is 61.5 Å². The summed E-state index contributed by atoms with van der Waals surface area (Å²) < 4.78 is 5.29. The van der Waals surface area contributed by atoms with Gasteiger partial charge in [-0.05, 0) is 56.0 Å². The summed E-state index contributed by atoms with van der Waals surface area (Å²) in [6.45, 7) is 8.42. The Labute approximate surface area is 223 Å². The van der Waals surface area contributed by atoms with Gasteiger partial charge in [0.1, 0.15) is 6.07 Å². The van der Waals surface area contributed by atoms with Crippen molar-refractivity contribution in [1.29, 1.82) is 5.26 Å². The number of benzene rings is 2. The van der Waals surface area contributed by atoms with Crippen LogP contribution >= 0.6 is 0 Å². The Morgan fingerprint density at radius 1 is 1.03 bits per heavy atom. The van der Waals surface area contributed by atoms with Crippen molar-refractivity contribution < 1.29 is 14.3 Å². The fourth-order valence-corrected chi connectivity index (χ4v) is 5.14. The molecule has 1 amide bonds. The largest absolute Gasteiger partial charge is 0.411 e. The first kappa shape index (κ1) is 26.9. The molecule has 1 aromatic heterocycles. The zero-order chi connectivity index (χ0) is 27.1. The molecule has 2 saturated heterocycles. The lowest BCUT2D eigenvalue weighted by atomic mass is 9.99. The Morgan fingerprint density at radius 2 is 1.74 bits per heavy atom. The summed E-state index contributed by atoms with van der Waals surface area (Å²) in [5.41, 5.74) is 5.63. The van der Waals surface area contributed by atoms with Crippen molar-refractivity contribution in [3.63, 3.8) is 0 Å². The smallest absolute Gasteiger partial charge is 0.318 e. The van der Waals surface area contributed by atoms with E-state index in [1.807, 2.05) is 47.1 Å². The normalized spacial score (nSPS) is 15.9. The maximum absolute atomic E-state index is 13.4. The Balaban J connectivity index is 0.00000164. The summed E-state index contributed by atoms with van der Waals surface area (Å²) in [5.74, 6) is 0.0589. The van der Waals surface area contributed by atoms with E-state index in [0.717, 1.165) is 66.7 Å². The third kappa shape index (κ3) is 5.89. The topological polar surface area (TPSA) is 122 Å². The van der Waals surface area contributed by atoms with Crippen LogP contribution in [0.1, 0.15) is 39.9 Å². The van der Waals surface area contributed by atoms with Crippen molar-refractivity contribution in [2.24, 2.45) is 0 Å². The van der Waals surface area contributed by atoms with Crippen LogP contribution < -0.4 is 15.1 Å². The molecule has 0 unspecified atom stereocenters. The first-order valence-electron chi connectivity index (χ1n) is 12.9. The van der Waals surface area contributed by atoms with Crippen LogP contribution in [-0.4, -0.2) is 78.5 Å². The number of aryl methyl sites for hydroxylation is 2. The molecular formula is C28H35N7O3. The van der Waals surface area contributed by atoms with Crippen LogP contribution in [0.25, 0.3) is 0 Å². The predicted molar refractivity (Wildman–Crippen MR) is 146 cm³/mol. The monoisotopic (exact) mass is 517 g/mol. The lowest BCUT2D eigenvalue weighted by Crippen LogP contribution is -2.49. The molecule has 38 heavy (non-hydrogen) atoms. The summed E-state index contributed by atoms with van der Waals surface area (Å²) in [6, 6.07) is 15.0. The molecule has 5 rings (SSSR count). The molecule has 0 bridgehead atoms. The second-order valence-corrected chi connectivity index (χ2v) is 9.52. The SMILES string of the molecule is CO.Cc1cc(C)c(C(=O)N2CCN(c3nnco3)CC2)cc1NC1CCN(c2ccccc2C#N)CC1. The van der Waals surface area contributed by atoms with Gasteiger partial charge in [0.05, 0.1) is 11.3 Å². The highest BCUT2D eigenvalue weighted by Crippen LogP contribution is 2.28. The Kier molecular flexibility index (Phi) is 8.81. The molecule has 200 valence electrons. The van der Waals surface area contributed by atoms with Crippen LogP contribution in [0.4, 0.5) is 17.4 Å². The average Bonchev–Trinajstić information content (AvgIpc) is 3.51. The fraction of sp³-hybridized carbons (Fsp3) is 0.429. The van der Waals surface area contributed by atoms with E-state index in [0.29, 0.717) is 38.2 Å². The van der Waals surface area contributed by atoms with Crippen LogP contribution in [0.3, 0.4) is 0 Å². The number of nitriles is 1. The highest BCUT2D eigenvalue weighted by molar-refractivity contribution is 5.97. The Morgan fingerprint density at radius 3 is 2.39 bits per heavy atom. The lowest BCUT2D eigenvalue weighted by molar-refractivity contribution is 0.0744. The van der Waals surface area contributed by atoms with Gasteiger partial charge >= 0.3 is 6.01 Å². The number of nitrogens with zero attached hydrogens (tertiary/aromatic N) is 6. The van der Waals surface area contributed by atoms with E-state index in [1.165, 1.54) is 6.39 Å². The molecule has 10 heteroatoms. The van der Waals surface area contributed by atoms with Gasteiger partial charge in [-0.25, -0.2) is 0 Å². The fourth-order valence-electron chi connectivity index (χ4n) is 5.14. The minimum atomic E-state index is 0.0589. The second-order valence-electron chi connectivity index (χ2n) is 9.52. The van der Waals surface area contributed by atoms with Crippen LogP contribution in [0.15, 0.2) is 47.2 Å². The Hall–Kier alpha value is -4.10. The summed E-state index contributed by atoms with van der Waals surface area (Å²) in [5, 5.41) is 27.9. The number of aliphatic hydroxyl groups excluding tert-OH is 1. The quantitative estimate of drug-likeness (QED) is 0.525. The number of rotatable bonds is 5. The highest BCUT2D eigenvalue weighted by atomic mass is 16.4. The number of aliphatic hydroxyl groups is 1. The van der Waals surface area contributed by atoms with Gasteiger partial charge in [0.15, 0.2) is 0 Å². The molecular weight excluding hydrogens is 482 g/mol. The van der Waals surface area contributed by atoms with E-state index in [9.17, 15) is 10.1 Å². The van der Waals surface area contributed by atoms with E-state index in [-0.39, 0.29) is 5.91 Å². The molecule has 2 aliphatic heterocycles. The number of aromatic nitrogens is 2. The van der Waals surface area contributed by atoms with Gasteiger partial charge in [0.2, 0.25) is 6.39 Å². The first-order valence-corrected chi connectivity index (χ1v) is 12.9. The minimum Gasteiger partial charge on any atom is -0.411 e. The average molecular weight is 518 g/mol.